The fourth-order valence-corrected chi connectivity index (χ4v) is 3.88. The fraction of sp³-hybridized carbons (Fsp3) is 0.286. The highest BCUT2D eigenvalue weighted by Crippen LogP contribution is 2.39. The van der Waals surface area contributed by atoms with Gasteiger partial charge in [0.2, 0.25) is 0 Å². The van der Waals surface area contributed by atoms with Crippen LogP contribution in [0.3, 0.4) is 0 Å². The minimum Gasteiger partial charge on any atom is -0.493 e. The van der Waals surface area contributed by atoms with Crippen LogP contribution in [-0.4, -0.2) is 34.2 Å². The highest BCUT2D eigenvalue weighted by atomic mass is 79.9. The van der Waals surface area contributed by atoms with Gasteiger partial charge in [-0.3, -0.25) is 4.79 Å². The average Bonchev–Trinajstić information content (AvgIpc) is 2.68. The van der Waals surface area contributed by atoms with E-state index in [2.05, 4.69) is 15.9 Å². The van der Waals surface area contributed by atoms with E-state index < -0.39 is 0 Å². The third-order valence-electron chi connectivity index (χ3n) is 4.61. The van der Waals surface area contributed by atoms with E-state index in [-0.39, 0.29) is 5.78 Å². The second-order valence-corrected chi connectivity index (χ2v) is 6.96. The van der Waals surface area contributed by atoms with Gasteiger partial charge in [0.15, 0.2) is 28.8 Å². The van der Waals surface area contributed by atoms with Crippen LogP contribution in [0, 0.1) is 0 Å². The van der Waals surface area contributed by atoms with Gasteiger partial charge in [0, 0.05) is 11.1 Å². The van der Waals surface area contributed by atoms with E-state index in [9.17, 15) is 4.79 Å². The van der Waals surface area contributed by atoms with Gasteiger partial charge in [-0.15, -0.1) is 0 Å². The molecule has 142 valence electrons. The van der Waals surface area contributed by atoms with Crippen LogP contribution in [0.5, 0.6) is 23.0 Å². The van der Waals surface area contributed by atoms with Gasteiger partial charge in [0.25, 0.3) is 0 Å². The number of hydrogen-bond acceptors (Lipinski definition) is 5. The topological polar surface area (TPSA) is 54.0 Å². The molecular formula is C21H21BrO5. The lowest BCUT2D eigenvalue weighted by Gasteiger charge is -2.20. The summed E-state index contributed by atoms with van der Waals surface area (Å²) < 4.78 is 22.2. The maximum atomic E-state index is 13.0. The number of ketones is 1. The van der Waals surface area contributed by atoms with Gasteiger partial charge in [-0.05, 0) is 70.2 Å². The van der Waals surface area contributed by atoms with Crippen molar-refractivity contribution in [1.29, 1.82) is 0 Å². The van der Waals surface area contributed by atoms with Gasteiger partial charge in [-0.2, -0.15) is 0 Å². The molecule has 0 aliphatic heterocycles. The Morgan fingerprint density at radius 3 is 2.15 bits per heavy atom. The largest absolute Gasteiger partial charge is 0.493 e. The molecule has 0 unspecified atom stereocenters. The molecule has 2 aromatic rings. The van der Waals surface area contributed by atoms with Crippen molar-refractivity contribution in [2.24, 2.45) is 0 Å². The lowest BCUT2D eigenvalue weighted by Crippen LogP contribution is -2.14. The van der Waals surface area contributed by atoms with Crippen LogP contribution in [0.25, 0.3) is 6.08 Å². The molecule has 0 amide bonds. The van der Waals surface area contributed by atoms with Crippen LogP contribution in [0.4, 0.5) is 0 Å². The molecule has 2 aromatic carbocycles. The number of fused-ring (bicyclic) bond motifs is 1. The van der Waals surface area contributed by atoms with Crippen molar-refractivity contribution in [1.82, 2.24) is 0 Å². The maximum Gasteiger partial charge on any atom is 0.189 e. The number of hydrogen-bond donors (Lipinski definition) is 0. The van der Waals surface area contributed by atoms with Gasteiger partial charge in [0.1, 0.15) is 0 Å². The Kier molecular flexibility index (Phi) is 5.75. The van der Waals surface area contributed by atoms with Crippen molar-refractivity contribution in [3.63, 3.8) is 0 Å². The summed E-state index contributed by atoms with van der Waals surface area (Å²) in [5.41, 5.74) is 3.24. The summed E-state index contributed by atoms with van der Waals surface area (Å²) in [6, 6.07) is 7.41. The molecule has 0 saturated carbocycles. The van der Waals surface area contributed by atoms with Gasteiger partial charge in [-0.1, -0.05) is 0 Å². The average molecular weight is 433 g/mol. The standard InChI is InChI=1S/C21H21BrO5/c1-24-17-10-13-5-6-14(20(23)15(13)11-18(17)25-2)7-12-8-16(22)21(27-4)19(9-12)26-3/h7-11H,5-6H2,1-4H3/b14-7+. The first-order valence-electron chi connectivity index (χ1n) is 8.44. The Hall–Kier alpha value is -2.47. The Labute approximate surface area is 167 Å². The summed E-state index contributed by atoms with van der Waals surface area (Å²) in [5.74, 6) is 2.42. The second-order valence-electron chi connectivity index (χ2n) is 6.10. The Bertz CT molecular complexity index is 917. The highest BCUT2D eigenvalue weighted by molar-refractivity contribution is 9.10. The van der Waals surface area contributed by atoms with E-state index >= 15 is 0 Å². The predicted octanol–water partition coefficient (Wildman–Crippen LogP) is 4.70. The van der Waals surface area contributed by atoms with Crippen LogP contribution in [0.1, 0.15) is 27.9 Å². The molecule has 0 fully saturated rings. The van der Waals surface area contributed by atoms with E-state index in [4.69, 9.17) is 18.9 Å². The Morgan fingerprint density at radius 2 is 1.52 bits per heavy atom. The molecule has 0 saturated heterocycles. The molecular weight excluding hydrogens is 412 g/mol. The molecule has 0 bridgehead atoms. The molecule has 5 nitrogen and oxygen atoms in total. The summed E-state index contributed by atoms with van der Waals surface area (Å²) in [5, 5.41) is 0. The summed E-state index contributed by atoms with van der Waals surface area (Å²) in [6.07, 6.45) is 3.32. The summed E-state index contributed by atoms with van der Waals surface area (Å²) in [6.45, 7) is 0. The third-order valence-corrected chi connectivity index (χ3v) is 5.20. The molecule has 0 spiro atoms. The quantitative estimate of drug-likeness (QED) is 0.641. The fourth-order valence-electron chi connectivity index (χ4n) is 3.26. The van der Waals surface area contributed by atoms with Crippen molar-refractivity contribution < 1.29 is 23.7 Å². The number of methoxy groups -OCH3 is 4. The monoisotopic (exact) mass is 432 g/mol. The van der Waals surface area contributed by atoms with E-state index in [0.717, 1.165) is 27.6 Å². The zero-order valence-corrected chi connectivity index (χ0v) is 17.3. The number of ether oxygens (including phenoxy) is 4. The highest BCUT2D eigenvalue weighted by Gasteiger charge is 2.24. The zero-order valence-electron chi connectivity index (χ0n) is 15.7. The molecule has 1 aliphatic rings. The first kappa shape index (κ1) is 19.3. The van der Waals surface area contributed by atoms with Crippen molar-refractivity contribution in [2.75, 3.05) is 28.4 Å². The second kappa shape index (κ2) is 8.05. The number of allylic oxidation sites excluding steroid dienone is 1. The lowest BCUT2D eigenvalue weighted by molar-refractivity contribution is 0.102. The number of rotatable bonds is 5. The van der Waals surface area contributed by atoms with Gasteiger partial charge in [-0.25, -0.2) is 0 Å². The molecule has 0 heterocycles. The van der Waals surface area contributed by atoms with Crippen LogP contribution >= 0.6 is 15.9 Å². The van der Waals surface area contributed by atoms with E-state index in [1.807, 2.05) is 24.3 Å². The number of carbonyl (C=O) groups is 1. The van der Waals surface area contributed by atoms with Gasteiger partial charge >= 0.3 is 0 Å². The number of benzene rings is 2. The molecule has 27 heavy (non-hydrogen) atoms. The lowest BCUT2D eigenvalue weighted by atomic mass is 9.85. The minimum absolute atomic E-state index is 0.00288. The smallest absolute Gasteiger partial charge is 0.189 e. The molecule has 0 radical (unpaired) electrons. The molecule has 6 heteroatoms. The summed E-state index contributed by atoms with van der Waals surface area (Å²) in [7, 11) is 6.33. The number of Topliss-reactive ketones (excluding diaryl/α,β-unsaturated/α-hetero) is 1. The summed E-state index contributed by atoms with van der Waals surface area (Å²) in [4.78, 5) is 13.0. The van der Waals surface area contributed by atoms with Crippen LogP contribution in [-0.2, 0) is 6.42 Å². The van der Waals surface area contributed by atoms with E-state index in [0.29, 0.717) is 35.0 Å². The van der Waals surface area contributed by atoms with Gasteiger partial charge < -0.3 is 18.9 Å². The maximum absolute atomic E-state index is 13.0. The molecule has 0 N–H and O–H groups in total. The Balaban J connectivity index is 2.01. The van der Waals surface area contributed by atoms with Gasteiger partial charge in [0.05, 0.1) is 32.9 Å². The van der Waals surface area contributed by atoms with Crippen molar-refractivity contribution in [3.8, 4) is 23.0 Å². The summed E-state index contributed by atoms with van der Waals surface area (Å²) >= 11 is 3.49. The first-order valence-corrected chi connectivity index (χ1v) is 9.23. The SMILES string of the molecule is COc1cc2c(cc1OC)C(=O)/C(=C/c1cc(Br)c(OC)c(OC)c1)CC2. The van der Waals surface area contributed by atoms with Crippen LogP contribution in [0.2, 0.25) is 0 Å². The minimum atomic E-state index is 0.00288. The van der Waals surface area contributed by atoms with E-state index in [1.165, 1.54) is 0 Å². The number of aryl methyl sites for hydroxylation is 1. The molecule has 0 aromatic heterocycles. The van der Waals surface area contributed by atoms with Crippen LogP contribution < -0.4 is 18.9 Å². The predicted molar refractivity (Wildman–Crippen MR) is 107 cm³/mol. The molecule has 1 aliphatic carbocycles. The van der Waals surface area contributed by atoms with E-state index in [1.54, 1.807) is 34.5 Å². The van der Waals surface area contributed by atoms with Crippen molar-refractivity contribution >= 4 is 27.8 Å². The number of halogens is 1. The normalized spacial score (nSPS) is 14.7. The van der Waals surface area contributed by atoms with Crippen LogP contribution in [0.15, 0.2) is 34.3 Å². The molecule has 0 atom stereocenters. The third kappa shape index (κ3) is 3.67. The molecule has 3 rings (SSSR count). The number of carbonyl (C=O) groups excluding carboxylic acids is 1. The zero-order chi connectivity index (χ0) is 19.6. The first-order chi connectivity index (χ1) is 13.0. The Morgan fingerprint density at radius 1 is 0.852 bits per heavy atom. The van der Waals surface area contributed by atoms with Crippen molar-refractivity contribution in [2.45, 2.75) is 12.8 Å². The van der Waals surface area contributed by atoms with Crippen molar-refractivity contribution in [3.05, 3.63) is 51.0 Å².